The highest BCUT2D eigenvalue weighted by Crippen LogP contribution is 2.15. The molecule has 0 radical (unpaired) electrons. The Hall–Kier alpha value is -0.590. The molecule has 0 spiro atoms. The van der Waals surface area contributed by atoms with Crippen LogP contribution in [0, 0.1) is 17.2 Å². The molecule has 0 saturated carbocycles. The third-order valence-electron chi connectivity index (χ3n) is 1.77. The van der Waals surface area contributed by atoms with Gasteiger partial charge in [-0.25, -0.2) is 0 Å². The lowest BCUT2D eigenvalue weighted by molar-refractivity contribution is 0.494. The van der Waals surface area contributed by atoms with Crippen LogP contribution in [0.4, 0.5) is 0 Å². The van der Waals surface area contributed by atoms with Crippen LogP contribution in [0.15, 0.2) is 12.2 Å². The first-order valence-electron chi connectivity index (χ1n) is 3.28. The highest BCUT2D eigenvalue weighted by molar-refractivity contribution is 5.75. The molecule has 0 rings (SSSR count). The fraction of sp³-hybridized carbons (Fsp3) is 0.625. The summed E-state index contributed by atoms with van der Waals surface area (Å²) >= 11 is 0. The van der Waals surface area contributed by atoms with Gasteiger partial charge in [-0.2, -0.15) is 0 Å². The van der Waals surface area contributed by atoms with E-state index in [1.54, 1.807) is 0 Å². The SMILES string of the molecule is C=C(C=N)[C@@H](C)C(C)C. The van der Waals surface area contributed by atoms with Crippen LogP contribution in [0.2, 0.25) is 0 Å². The molecule has 0 unspecified atom stereocenters. The molecule has 52 valence electrons. The monoisotopic (exact) mass is 125 g/mol. The van der Waals surface area contributed by atoms with E-state index in [0.717, 1.165) is 5.57 Å². The summed E-state index contributed by atoms with van der Waals surface area (Å²) in [6.07, 6.45) is 1.34. The molecule has 1 heteroatoms. The van der Waals surface area contributed by atoms with Crippen molar-refractivity contribution >= 4 is 6.21 Å². The Morgan fingerprint density at radius 3 is 2.00 bits per heavy atom. The largest absolute Gasteiger partial charge is 0.308 e. The maximum absolute atomic E-state index is 6.91. The summed E-state index contributed by atoms with van der Waals surface area (Å²) in [4.78, 5) is 0. The molecule has 0 aliphatic heterocycles. The topological polar surface area (TPSA) is 23.9 Å². The summed E-state index contributed by atoms with van der Waals surface area (Å²) < 4.78 is 0. The minimum atomic E-state index is 0.447. The van der Waals surface area contributed by atoms with Gasteiger partial charge < -0.3 is 5.41 Å². The van der Waals surface area contributed by atoms with Gasteiger partial charge >= 0.3 is 0 Å². The van der Waals surface area contributed by atoms with Crippen molar-refractivity contribution in [3.8, 4) is 0 Å². The highest BCUT2D eigenvalue weighted by Gasteiger charge is 2.07. The lowest BCUT2D eigenvalue weighted by Crippen LogP contribution is -2.06. The summed E-state index contributed by atoms with van der Waals surface area (Å²) in [5.41, 5.74) is 0.921. The fourth-order valence-electron chi connectivity index (χ4n) is 0.560. The zero-order valence-electron chi connectivity index (χ0n) is 6.44. The number of hydrogen-bond donors (Lipinski definition) is 1. The molecule has 1 nitrogen and oxygen atoms in total. The third kappa shape index (κ3) is 2.45. The van der Waals surface area contributed by atoms with E-state index in [4.69, 9.17) is 5.41 Å². The third-order valence-corrected chi connectivity index (χ3v) is 1.77. The second-order valence-electron chi connectivity index (χ2n) is 2.75. The van der Waals surface area contributed by atoms with E-state index in [9.17, 15) is 0 Å². The summed E-state index contributed by atoms with van der Waals surface area (Å²) in [5.74, 6) is 1.04. The quantitative estimate of drug-likeness (QED) is 0.560. The average molecular weight is 125 g/mol. The molecule has 0 aliphatic carbocycles. The molecule has 0 aromatic carbocycles. The minimum Gasteiger partial charge on any atom is -0.308 e. The van der Waals surface area contributed by atoms with Gasteiger partial charge in [-0.1, -0.05) is 27.4 Å². The molecular weight excluding hydrogens is 110 g/mol. The number of nitrogens with one attached hydrogen (secondary N) is 1. The Morgan fingerprint density at radius 1 is 1.44 bits per heavy atom. The van der Waals surface area contributed by atoms with Crippen LogP contribution in [-0.2, 0) is 0 Å². The smallest absolute Gasteiger partial charge is 0.0206 e. The molecule has 0 amide bonds. The standard InChI is InChI=1S/C8H15N/c1-6(2)8(4)7(3)5-9/h5-6,8-9H,3H2,1-2,4H3/t8-/m0/s1. The van der Waals surface area contributed by atoms with Crippen molar-refractivity contribution in [1.82, 2.24) is 0 Å². The maximum Gasteiger partial charge on any atom is 0.0206 e. The predicted molar refractivity (Wildman–Crippen MR) is 41.9 cm³/mol. The number of rotatable bonds is 3. The Morgan fingerprint density at radius 2 is 1.89 bits per heavy atom. The van der Waals surface area contributed by atoms with E-state index < -0.39 is 0 Å². The van der Waals surface area contributed by atoms with Crippen molar-refractivity contribution in [2.24, 2.45) is 11.8 Å². The van der Waals surface area contributed by atoms with Crippen molar-refractivity contribution in [2.45, 2.75) is 20.8 Å². The second-order valence-corrected chi connectivity index (χ2v) is 2.75. The van der Waals surface area contributed by atoms with Crippen molar-refractivity contribution in [3.05, 3.63) is 12.2 Å². The Balaban J connectivity index is 3.87. The van der Waals surface area contributed by atoms with Crippen molar-refractivity contribution in [3.63, 3.8) is 0 Å². The van der Waals surface area contributed by atoms with Crippen molar-refractivity contribution in [1.29, 1.82) is 5.41 Å². The normalized spacial score (nSPS) is 13.3. The summed E-state index contributed by atoms with van der Waals surface area (Å²) in [7, 11) is 0. The van der Waals surface area contributed by atoms with Crippen molar-refractivity contribution < 1.29 is 0 Å². The van der Waals surface area contributed by atoms with Crippen LogP contribution < -0.4 is 0 Å². The van der Waals surface area contributed by atoms with E-state index in [1.165, 1.54) is 6.21 Å². The van der Waals surface area contributed by atoms with Gasteiger partial charge in [-0.3, -0.25) is 0 Å². The average Bonchev–Trinajstić information content (AvgIpc) is 1.84. The highest BCUT2D eigenvalue weighted by atomic mass is 14.3. The summed E-state index contributed by atoms with van der Waals surface area (Å²) in [5, 5.41) is 6.91. The lowest BCUT2D eigenvalue weighted by atomic mass is 9.92. The molecule has 0 bridgehead atoms. The van der Waals surface area contributed by atoms with Gasteiger partial charge in [-0.05, 0) is 17.4 Å². The van der Waals surface area contributed by atoms with Gasteiger partial charge in [0.15, 0.2) is 0 Å². The fourth-order valence-corrected chi connectivity index (χ4v) is 0.560. The molecule has 0 fully saturated rings. The van der Waals surface area contributed by atoms with Gasteiger partial charge in [0.1, 0.15) is 0 Å². The molecule has 1 atom stereocenters. The Labute approximate surface area is 57.3 Å². The lowest BCUT2D eigenvalue weighted by Gasteiger charge is -2.13. The van der Waals surface area contributed by atoms with E-state index in [0.29, 0.717) is 11.8 Å². The van der Waals surface area contributed by atoms with Crippen LogP contribution in [0.5, 0.6) is 0 Å². The van der Waals surface area contributed by atoms with Gasteiger partial charge in [-0.15, -0.1) is 0 Å². The molecular formula is C8H15N. The molecule has 0 aliphatic rings. The zero-order chi connectivity index (χ0) is 7.44. The Bertz CT molecular complexity index is 114. The zero-order valence-corrected chi connectivity index (χ0v) is 6.44. The van der Waals surface area contributed by atoms with E-state index >= 15 is 0 Å². The molecule has 1 N–H and O–H groups in total. The molecule has 0 heterocycles. The van der Waals surface area contributed by atoms with Gasteiger partial charge in [0.25, 0.3) is 0 Å². The first kappa shape index (κ1) is 8.41. The summed E-state index contributed by atoms with van der Waals surface area (Å²) in [6.45, 7) is 10.1. The molecule has 0 aromatic rings. The van der Waals surface area contributed by atoms with Crippen LogP contribution >= 0.6 is 0 Å². The second kappa shape index (κ2) is 3.44. The number of hydrogen-bond acceptors (Lipinski definition) is 1. The minimum absolute atomic E-state index is 0.447. The first-order valence-corrected chi connectivity index (χ1v) is 3.28. The first-order chi connectivity index (χ1) is 4.09. The summed E-state index contributed by atoms with van der Waals surface area (Å²) in [6, 6.07) is 0. The number of allylic oxidation sites excluding steroid dienone is 1. The van der Waals surface area contributed by atoms with Crippen LogP contribution in [-0.4, -0.2) is 6.21 Å². The van der Waals surface area contributed by atoms with Gasteiger partial charge in [0.05, 0.1) is 0 Å². The molecule has 0 saturated heterocycles. The van der Waals surface area contributed by atoms with Gasteiger partial charge in [0.2, 0.25) is 0 Å². The van der Waals surface area contributed by atoms with Crippen molar-refractivity contribution in [2.75, 3.05) is 0 Å². The van der Waals surface area contributed by atoms with Crippen LogP contribution in [0.3, 0.4) is 0 Å². The predicted octanol–water partition coefficient (Wildman–Crippen LogP) is 2.48. The maximum atomic E-state index is 6.91. The van der Waals surface area contributed by atoms with Crippen LogP contribution in [0.25, 0.3) is 0 Å². The van der Waals surface area contributed by atoms with E-state index in [-0.39, 0.29) is 0 Å². The van der Waals surface area contributed by atoms with E-state index in [1.807, 2.05) is 0 Å². The molecule has 0 aromatic heterocycles. The molecule has 9 heavy (non-hydrogen) atoms. The van der Waals surface area contributed by atoms with E-state index in [2.05, 4.69) is 27.4 Å². The Kier molecular flexibility index (Phi) is 3.21. The van der Waals surface area contributed by atoms with Gasteiger partial charge in [0, 0.05) is 6.21 Å². The van der Waals surface area contributed by atoms with Crippen LogP contribution in [0.1, 0.15) is 20.8 Å².